The van der Waals surface area contributed by atoms with E-state index >= 15 is 0 Å². The Balaban J connectivity index is 1.68. The quantitative estimate of drug-likeness (QED) is 0.529. The molecule has 0 saturated heterocycles. The number of rotatable bonds is 6. The molecule has 0 bridgehead atoms. The number of ether oxygens (including phenoxy) is 1. The van der Waals surface area contributed by atoms with Crippen LogP contribution in [-0.2, 0) is 5.41 Å². The van der Waals surface area contributed by atoms with Crippen molar-refractivity contribution in [1.82, 2.24) is 5.32 Å². The smallest absolute Gasteiger partial charge is 0.319 e. The van der Waals surface area contributed by atoms with Crippen LogP contribution < -0.4 is 21.1 Å². The van der Waals surface area contributed by atoms with Crippen molar-refractivity contribution in [2.45, 2.75) is 39.5 Å². The van der Waals surface area contributed by atoms with Gasteiger partial charge in [0.2, 0.25) is 0 Å². The van der Waals surface area contributed by atoms with Crippen LogP contribution >= 0.6 is 0 Å². The van der Waals surface area contributed by atoms with E-state index in [0.29, 0.717) is 24.5 Å². The second-order valence-electron chi connectivity index (χ2n) is 7.45. The number of urea groups is 1. The summed E-state index contributed by atoms with van der Waals surface area (Å²) in [5.41, 5.74) is 9.53. The molecule has 0 unspecified atom stereocenters. The van der Waals surface area contributed by atoms with E-state index in [4.69, 9.17) is 10.5 Å². The van der Waals surface area contributed by atoms with Crippen LogP contribution in [0.4, 0.5) is 16.2 Å². The molecule has 0 aromatic heterocycles. The molecule has 140 valence electrons. The lowest BCUT2D eigenvalue weighted by atomic mass is 9.87. The SMILES string of the molecule is Cc1ccc(NC(=O)NCCCOc2ccc(C(C)(C)C)cc2)c(N)c1. The minimum atomic E-state index is -0.268. The summed E-state index contributed by atoms with van der Waals surface area (Å²) in [4.78, 5) is 11.9. The average molecular weight is 355 g/mol. The first-order valence-corrected chi connectivity index (χ1v) is 8.90. The van der Waals surface area contributed by atoms with Crippen molar-refractivity contribution in [1.29, 1.82) is 0 Å². The standard InChI is InChI=1S/C21H29N3O2/c1-15-6-11-19(18(22)14-15)24-20(25)23-12-5-13-26-17-9-7-16(8-10-17)21(2,3)4/h6-11,14H,5,12-13,22H2,1-4H3,(H2,23,24,25). The number of aryl methyl sites for hydroxylation is 1. The maximum atomic E-state index is 11.9. The second kappa shape index (κ2) is 8.61. The predicted molar refractivity (Wildman–Crippen MR) is 108 cm³/mol. The van der Waals surface area contributed by atoms with Gasteiger partial charge in [-0.3, -0.25) is 0 Å². The minimum absolute atomic E-state index is 0.136. The molecule has 4 N–H and O–H groups in total. The Morgan fingerprint density at radius 1 is 1.12 bits per heavy atom. The Morgan fingerprint density at radius 3 is 2.42 bits per heavy atom. The molecule has 0 saturated carbocycles. The summed E-state index contributed by atoms with van der Waals surface area (Å²) in [6.07, 6.45) is 0.720. The summed E-state index contributed by atoms with van der Waals surface area (Å²) in [6.45, 7) is 9.58. The largest absolute Gasteiger partial charge is 0.494 e. The fourth-order valence-electron chi connectivity index (χ4n) is 2.48. The molecular formula is C21H29N3O2. The van der Waals surface area contributed by atoms with E-state index in [0.717, 1.165) is 17.7 Å². The summed E-state index contributed by atoms with van der Waals surface area (Å²) in [6, 6.07) is 13.4. The summed E-state index contributed by atoms with van der Waals surface area (Å²) >= 11 is 0. The normalized spacial score (nSPS) is 11.1. The van der Waals surface area contributed by atoms with E-state index in [1.165, 1.54) is 5.56 Å². The van der Waals surface area contributed by atoms with Crippen LogP contribution in [0.5, 0.6) is 5.75 Å². The monoisotopic (exact) mass is 355 g/mol. The molecule has 26 heavy (non-hydrogen) atoms. The molecule has 2 aromatic rings. The highest BCUT2D eigenvalue weighted by Crippen LogP contribution is 2.24. The van der Waals surface area contributed by atoms with Crippen LogP contribution in [0.15, 0.2) is 42.5 Å². The molecule has 2 rings (SSSR count). The number of amides is 2. The predicted octanol–water partition coefficient (Wildman–Crippen LogP) is 4.47. The molecule has 0 heterocycles. The third-order valence-corrected chi connectivity index (χ3v) is 4.05. The zero-order valence-corrected chi connectivity index (χ0v) is 16.1. The minimum Gasteiger partial charge on any atom is -0.494 e. The molecule has 0 fully saturated rings. The number of carbonyl (C=O) groups is 1. The zero-order chi connectivity index (χ0) is 19.2. The van der Waals surface area contributed by atoms with Crippen molar-refractivity contribution < 1.29 is 9.53 Å². The van der Waals surface area contributed by atoms with Gasteiger partial charge in [-0.25, -0.2) is 4.79 Å². The van der Waals surface area contributed by atoms with Crippen LogP contribution in [0.1, 0.15) is 38.3 Å². The molecule has 0 atom stereocenters. The van der Waals surface area contributed by atoms with Gasteiger partial charge in [-0.1, -0.05) is 39.0 Å². The van der Waals surface area contributed by atoms with Gasteiger partial charge in [0.25, 0.3) is 0 Å². The zero-order valence-electron chi connectivity index (χ0n) is 16.1. The van der Waals surface area contributed by atoms with Crippen molar-refractivity contribution in [3.05, 3.63) is 53.6 Å². The number of carbonyl (C=O) groups excluding carboxylic acids is 1. The van der Waals surface area contributed by atoms with Gasteiger partial charge in [0.1, 0.15) is 5.75 Å². The van der Waals surface area contributed by atoms with Crippen molar-refractivity contribution in [3.8, 4) is 5.75 Å². The molecule has 2 aromatic carbocycles. The first-order valence-electron chi connectivity index (χ1n) is 8.90. The fraction of sp³-hybridized carbons (Fsp3) is 0.381. The Kier molecular flexibility index (Phi) is 6.50. The number of hydrogen-bond acceptors (Lipinski definition) is 3. The fourth-order valence-corrected chi connectivity index (χ4v) is 2.48. The summed E-state index contributed by atoms with van der Waals surface area (Å²) in [5, 5.41) is 5.55. The Labute approximate surface area is 155 Å². The molecular weight excluding hydrogens is 326 g/mol. The lowest BCUT2D eigenvalue weighted by Gasteiger charge is -2.19. The molecule has 5 heteroatoms. The van der Waals surface area contributed by atoms with Crippen molar-refractivity contribution in [2.24, 2.45) is 0 Å². The van der Waals surface area contributed by atoms with Gasteiger partial charge in [0.15, 0.2) is 0 Å². The van der Waals surface area contributed by atoms with E-state index in [-0.39, 0.29) is 11.4 Å². The molecule has 0 aliphatic rings. The Hall–Kier alpha value is -2.69. The van der Waals surface area contributed by atoms with Gasteiger partial charge in [-0.05, 0) is 54.2 Å². The number of hydrogen-bond donors (Lipinski definition) is 3. The molecule has 5 nitrogen and oxygen atoms in total. The molecule has 0 spiro atoms. The van der Waals surface area contributed by atoms with Gasteiger partial charge in [-0.15, -0.1) is 0 Å². The lowest BCUT2D eigenvalue weighted by Crippen LogP contribution is -2.30. The Bertz CT molecular complexity index is 734. The first kappa shape index (κ1) is 19.6. The third-order valence-electron chi connectivity index (χ3n) is 4.05. The molecule has 2 amide bonds. The van der Waals surface area contributed by atoms with Crippen LogP contribution in [0.25, 0.3) is 0 Å². The maximum Gasteiger partial charge on any atom is 0.319 e. The summed E-state index contributed by atoms with van der Waals surface area (Å²) in [7, 11) is 0. The highest BCUT2D eigenvalue weighted by atomic mass is 16.5. The van der Waals surface area contributed by atoms with Gasteiger partial charge >= 0.3 is 6.03 Å². The van der Waals surface area contributed by atoms with E-state index in [1.807, 2.05) is 31.2 Å². The molecule has 0 aliphatic heterocycles. The van der Waals surface area contributed by atoms with Crippen molar-refractivity contribution in [3.63, 3.8) is 0 Å². The number of nitrogen functional groups attached to an aromatic ring is 1. The van der Waals surface area contributed by atoms with Gasteiger partial charge in [-0.2, -0.15) is 0 Å². The van der Waals surface area contributed by atoms with E-state index in [1.54, 1.807) is 6.07 Å². The molecule has 0 aliphatic carbocycles. The maximum absolute atomic E-state index is 11.9. The van der Waals surface area contributed by atoms with E-state index < -0.39 is 0 Å². The molecule has 0 radical (unpaired) electrons. The van der Waals surface area contributed by atoms with Crippen LogP contribution in [0, 0.1) is 6.92 Å². The van der Waals surface area contributed by atoms with Crippen LogP contribution in [0.2, 0.25) is 0 Å². The lowest BCUT2D eigenvalue weighted by molar-refractivity contribution is 0.250. The van der Waals surface area contributed by atoms with Gasteiger partial charge in [0, 0.05) is 6.54 Å². The highest BCUT2D eigenvalue weighted by Gasteiger charge is 2.12. The second-order valence-corrected chi connectivity index (χ2v) is 7.45. The van der Waals surface area contributed by atoms with Crippen molar-refractivity contribution >= 4 is 17.4 Å². The number of anilines is 2. The van der Waals surface area contributed by atoms with E-state index in [2.05, 4.69) is 43.5 Å². The number of nitrogens with two attached hydrogens (primary N) is 1. The van der Waals surface area contributed by atoms with Crippen molar-refractivity contribution in [2.75, 3.05) is 24.2 Å². The third kappa shape index (κ3) is 5.99. The van der Waals surface area contributed by atoms with Gasteiger partial charge < -0.3 is 21.1 Å². The first-order chi connectivity index (χ1) is 12.3. The summed E-state index contributed by atoms with van der Waals surface area (Å²) < 4.78 is 5.71. The number of benzene rings is 2. The Morgan fingerprint density at radius 2 is 1.81 bits per heavy atom. The summed E-state index contributed by atoms with van der Waals surface area (Å²) in [5.74, 6) is 0.842. The van der Waals surface area contributed by atoms with Crippen LogP contribution in [0.3, 0.4) is 0 Å². The topological polar surface area (TPSA) is 76.4 Å². The van der Waals surface area contributed by atoms with Gasteiger partial charge in [0.05, 0.1) is 18.0 Å². The van der Waals surface area contributed by atoms with E-state index in [9.17, 15) is 4.79 Å². The average Bonchev–Trinajstić information content (AvgIpc) is 2.57. The van der Waals surface area contributed by atoms with Crippen LogP contribution in [-0.4, -0.2) is 19.2 Å². The highest BCUT2D eigenvalue weighted by molar-refractivity contribution is 5.92. The number of nitrogens with one attached hydrogen (secondary N) is 2.